The molecule has 1 aliphatic rings. The number of anilines is 1. The summed E-state index contributed by atoms with van der Waals surface area (Å²) in [6.45, 7) is 2.35. The maximum atomic E-state index is 12.4. The summed E-state index contributed by atoms with van der Waals surface area (Å²) in [4.78, 5) is 31.0. The van der Waals surface area contributed by atoms with Gasteiger partial charge in [-0.15, -0.1) is 0 Å². The first-order chi connectivity index (χ1) is 11.2. The number of nitrogens with zero attached hydrogens (tertiary/aromatic N) is 4. The van der Waals surface area contributed by atoms with E-state index in [-0.39, 0.29) is 11.6 Å². The largest absolute Gasteiger partial charge is 0.349 e. The molecule has 2 aromatic heterocycles. The summed E-state index contributed by atoms with van der Waals surface area (Å²) in [7, 11) is 0. The Morgan fingerprint density at radius 2 is 2.13 bits per heavy atom. The molecule has 0 unspecified atom stereocenters. The van der Waals surface area contributed by atoms with Gasteiger partial charge in [0, 0.05) is 43.8 Å². The third-order valence-corrected chi connectivity index (χ3v) is 4.50. The van der Waals surface area contributed by atoms with E-state index in [9.17, 15) is 14.9 Å². The molecule has 0 spiro atoms. The van der Waals surface area contributed by atoms with Gasteiger partial charge in [0.2, 0.25) is 5.82 Å². The van der Waals surface area contributed by atoms with E-state index < -0.39 is 4.92 Å². The van der Waals surface area contributed by atoms with Gasteiger partial charge in [-0.1, -0.05) is 0 Å². The summed E-state index contributed by atoms with van der Waals surface area (Å²) in [5.74, 6) is 0.394. The van der Waals surface area contributed by atoms with Crippen LogP contribution < -0.4 is 4.90 Å². The SMILES string of the molecule is O=C(c1ccsc1)N1CCCN(c2ncccc2[N+](=O)[O-])CC1. The van der Waals surface area contributed by atoms with E-state index in [2.05, 4.69) is 4.98 Å². The lowest BCUT2D eigenvalue weighted by Crippen LogP contribution is -2.35. The first-order valence-corrected chi connectivity index (χ1v) is 8.27. The van der Waals surface area contributed by atoms with E-state index in [1.807, 2.05) is 21.7 Å². The quantitative estimate of drug-likeness (QED) is 0.637. The molecule has 0 bridgehead atoms. The molecule has 7 nitrogen and oxygen atoms in total. The number of thiophene rings is 1. The van der Waals surface area contributed by atoms with Crippen molar-refractivity contribution >= 4 is 28.7 Å². The zero-order chi connectivity index (χ0) is 16.2. The molecule has 1 fully saturated rings. The molecule has 0 saturated carbocycles. The molecule has 3 heterocycles. The van der Waals surface area contributed by atoms with Gasteiger partial charge in [-0.05, 0) is 23.9 Å². The van der Waals surface area contributed by atoms with Gasteiger partial charge in [-0.3, -0.25) is 14.9 Å². The number of aromatic nitrogens is 1. The zero-order valence-electron chi connectivity index (χ0n) is 12.4. The Kier molecular flexibility index (Phi) is 4.52. The van der Waals surface area contributed by atoms with Crippen LogP contribution in [-0.4, -0.2) is 46.9 Å². The minimum Gasteiger partial charge on any atom is -0.349 e. The monoisotopic (exact) mass is 332 g/mol. The molecule has 2 aromatic rings. The van der Waals surface area contributed by atoms with Crippen LogP contribution in [0.1, 0.15) is 16.8 Å². The molecule has 1 saturated heterocycles. The average molecular weight is 332 g/mol. The van der Waals surface area contributed by atoms with E-state index in [4.69, 9.17) is 0 Å². The van der Waals surface area contributed by atoms with Crippen LogP contribution in [0.5, 0.6) is 0 Å². The van der Waals surface area contributed by atoms with Crippen LogP contribution in [0.25, 0.3) is 0 Å². The molecular formula is C15H16N4O3S. The highest BCUT2D eigenvalue weighted by Crippen LogP contribution is 2.26. The van der Waals surface area contributed by atoms with Gasteiger partial charge in [0.05, 0.1) is 10.5 Å². The lowest BCUT2D eigenvalue weighted by molar-refractivity contribution is -0.384. The summed E-state index contributed by atoms with van der Waals surface area (Å²) in [5, 5.41) is 14.9. The highest BCUT2D eigenvalue weighted by atomic mass is 32.1. The minimum atomic E-state index is -0.415. The molecule has 0 radical (unpaired) electrons. The summed E-state index contributed by atoms with van der Waals surface area (Å²) in [5.41, 5.74) is 0.706. The number of rotatable bonds is 3. The Morgan fingerprint density at radius 3 is 2.87 bits per heavy atom. The Labute approximate surface area is 137 Å². The van der Waals surface area contributed by atoms with Crippen molar-refractivity contribution < 1.29 is 9.72 Å². The third kappa shape index (κ3) is 3.31. The molecular weight excluding hydrogens is 316 g/mol. The smallest absolute Gasteiger partial charge is 0.311 e. The van der Waals surface area contributed by atoms with Gasteiger partial charge in [0.1, 0.15) is 0 Å². The van der Waals surface area contributed by atoms with Crippen molar-refractivity contribution in [2.24, 2.45) is 0 Å². The van der Waals surface area contributed by atoms with Crippen molar-refractivity contribution in [2.45, 2.75) is 6.42 Å². The van der Waals surface area contributed by atoms with Crippen molar-refractivity contribution in [3.63, 3.8) is 0 Å². The molecule has 0 atom stereocenters. The lowest BCUT2D eigenvalue weighted by atomic mass is 10.3. The number of amides is 1. The van der Waals surface area contributed by atoms with Crippen LogP contribution >= 0.6 is 11.3 Å². The van der Waals surface area contributed by atoms with Crippen molar-refractivity contribution in [3.8, 4) is 0 Å². The highest BCUT2D eigenvalue weighted by molar-refractivity contribution is 7.08. The summed E-state index contributed by atoms with van der Waals surface area (Å²) < 4.78 is 0. The second-order valence-electron chi connectivity index (χ2n) is 5.25. The minimum absolute atomic E-state index is 0.00473. The molecule has 0 aromatic carbocycles. The average Bonchev–Trinajstić information content (AvgIpc) is 2.99. The van der Waals surface area contributed by atoms with Gasteiger partial charge in [-0.2, -0.15) is 11.3 Å². The maximum absolute atomic E-state index is 12.4. The predicted octanol–water partition coefficient (Wildman–Crippen LogP) is 2.40. The third-order valence-electron chi connectivity index (χ3n) is 3.81. The van der Waals surface area contributed by atoms with Crippen LogP contribution in [0.3, 0.4) is 0 Å². The van der Waals surface area contributed by atoms with Gasteiger partial charge < -0.3 is 9.80 Å². The van der Waals surface area contributed by atoms with Crippen LogP contribution in [-0.2, 0) is 0 Å². The van der Waals surface area contributed by atoms with Crippen LogP contribution in [0, 0.1) is 10.1 Å². The molecule has 120 valence electrons. The Balaban J connectivity index is 1.74. The molecule has 1 aliphatic heterocycles. The van der Waals surface area contributed by atoms with Crippen molar-refractivity contribution in [3.05, 3.63) is 50.8 Å². The number of carbonyl (C=O) groups excluding carboxylic acids is 1. The Bertz CT molecular complexity index is 705. The lowest BCUT2D eigenvalue weighted by Gasteiger charge is -2.22. The van der Waals surface area contributed by atoms with E-state index in [0.29, 0.717) is 37.6 Å². The number of hydrogen-bond acceptors (Lipinski definition) is 6. The maximum Gasteiger partial charge on any atom is 0.311 e. The number of carbonyl (C=O) groups is 1. The number of pyridine rings is 1. The van der Waals surface area contributed by atoms with E-state index >= 15 is 0 Å². The van der Waals surface area contributed by atoms with Crippen molar-refractivity contribution in [1.82, 2.24) is 9.88 Å². The second-order valence-corrected chi connectivity index (χ2v) is 6.03. The topological polar surface area (TPSA) is 79.6 Å². The van der Waals surface area contributed by atoms with Gasteiger partial charge >= 0.3 is 5.69 Å². The fraction of sp³-hybridized carbons (Fsp3) is 0.333. The summed E-state index contributed by atoms with van der Waals surface area (Å²) >= 11 is 1.50. The first-order valence-electron chi connectivity index (χ1n) is 7.32. The van der Waals surface area contributed by atoms with Gasteiger partial charge in [0.25, 0.3) is 5.91 Å². The fourth-order valence-electron chi connectivity index (χ4n) is 2.68. The fourth-order valence-corrected chi connectivity index (χ4v) is 3.31. The molecule has 3 rings (SSSR count). The van der Waals surface area contributed by atoms with Crippen LogP contribution in [0.15, 0.2) is 35.2 Å². The summed E-state index contributed by atoms with van der Waals surface area (Å²) in [6.07, 6.45) is 2.31. The molecule has 0 N–H and O–H groups in total. The normalized spacial score (nSPS) is 15.3. The van der Waals surface area contributed by atoms with Crippen molar-refractivity contribution in [2.75, 3.05) is 31.1 Å². The molecule has 23 heavy (non-hydrogen) atoms. The van der Waals surface area contributed by atoms with Gasteiger partial charge in [-0.25, -0.2) is 4.98 Å². The summed E-state index contributed by atoms with van der Waals surface area (Å²) in [6, 6.07) is 4.84. The second kappa shape index (κ2) is 6.74. The van der Waals surface area contributed by atoms with Crippen LogP contribution in [0.2, 0.25) is 0 Å². The zero-order valence-corrected chi connectivity index (χ0v) is 13.2. The van der Waals surface area contributed by atoms with E-state index in [1.54, 1.807) is 17.2 Å². The Morgan fingerprint density at radius 1 is 1.26 bits per heavy atom. The van der Waals surface area contributed by atoms with Crippen LogP contribution in [0.4, 0.5) is 11.5 Å². The van der Waals surface area contributed by atoms with Crippen molar-refractivity contribution in [1.29, 1.82) is 0 Å². The number of nitro groups is 1. The standard InChI is InChI=1S/C15H16N4O3S/c20-15(12-4-10-23-11-12)18-7-2-6-17(8-9-18)14-13(19(21)22)3-1-5-16-14/h1,3-5,10-11H,2,6-9H2. The number of hydrogen-bond donors (Lipinski definition) is 0. The predicted molar refractivity (Wildman–Crippen MR) is 87.9 cm³/mol. The van der Waals surface area contributed by atoms with Gasteiger partial charge in [0.15, 0.2) is 0 Å². The molecule has 0 aliphatic carbocycles. The first kappa shape index (κ1) is 15.4. The Hall–Kier alpha value is -2.48. The van der Waals surface area contributed by atoms with E-state index in [0.717, 1.165) is 6.42 Å². The molecule has 1 amide bonds. The molecule has 8 heteroatoms. The highest BCUT2D eigenvalue weighted by Gasteiger charge is 2.25. The van der Waals surface area contributed by atoms with E-state index in [1.165, 1.54) is 17.4 Å².